The number of carbonyl (C=O) groups is 1. The molecule has 1 atom stereocenters. The Morgan fingerprint density at radius 2 is 2.00 bits per heavy atom. The average Bonchev–Trinajstić information content (AvgIpc) is 3.06. The minimum Gasteiger partial charge on any atom is -0.497 e. The van der Waals surface area contributed by atoms with Crippen molar-refractivity contribution in [3.05, 3.63) is 18.2 Å². The van der Waals surface area contributed by atoms with Gasteiger partial charge in [-0.15, -0.1) is 10.2 Å². The van der Waals surface area contributed by atoms with E-state index in [0.717, 1.165) is 0 Å². The molecule has 0 saturated heterocycles. The van der Waals surface area contributed by atoms with Crippen LogP contribution in [0.1, 0.15) is 20.8 Å². The summed E-state index contributed by atoms with van der Waals surface area (Å²) in [5.74, 6) is 1.92. The summed E-state index contributed by atoms with van der Waals surface area (Å²) >= 11 is 1.22. The van der Waals surface area contributed by atoms with E-state index in [1.807, 2.05) is 13.8 Å². The summed E-state index contributed by atoms with van der Waals surface area (Å²) < 4.78 is 16.2. The van der Waals surface area contributed by atoms with Crippen LogP contribution in [0.3, 0.4) is 0 Å². The van der Waals surface area contributed by atoms with Gasteiger partial charge in [-0.05, 0) is 25.0 Å². The number of nitrogens with zero attached hydrogens (tertiary/aromatic N) is 2. The number of nitrogens with one attached hydrogen (secondary N) is 1. The Hall–Kier alpha value is -2.22. The summed E-state index contributed by atoms with van der Waals surface area (Å²) in [6.07, 6.45) is 0. The first-order valence-corrected chi connectivity index (χ1v) is 8.82. The summed E-state index contributed by atoms with van der Waals surface area (Å²) in [5, 5.41) is 10.9. The fraction of sp³-hybridized carbons (Fsp3) is 0.471. The first-order chi connectivity index (χ1) is 11.9. The molecular weight excluding hydrogens is 342 g/mol. The van der Waals surface area contributed by atoms with Crippen molar-refractivity contribution in [2.24, 2.45) is 5.92 Å². The van der Waals surface area contributed by atoms with Crippen LogP contribution in [-0.2, 0) is 4.79 Å². The maximum Gasteiger partial charge on any atom is 0.277 e. The zero-order chi connectivity index (χ0) is 18.4. The third kappa shape index (κ3) is 5.12. The van der Waals surface area contributed by atoms with Gasteiger partial charge in [-0.2, -0.15) is 0 Å². The van der Waals surface area contributed by atoms with E-state index in [-0.39, 0.29) is 11.2 Å². The average molecular weight is 365 g/mol. The van der Waals surface area contributed by atoms with E-state index in [2.05, 4.69) is 15.5 Å². The van der Waals surface area contributed by atoms with Crippen LogP contribution >= 0.6 is 11.8 Å². The third-order valence-electron chi connectivity index (χ3n) is 3.38. The molecule has 1 aromatic carbocycles. The van der Waals surface area contributed by atoms with Gasteiger partial charge in [0.15, 0.2) is 0 Å². The van der Waals surface area contributed by atoms with Crippen LogP contribution in [0, 0.1) is 5.92 Å². The lowest BCUT2D eigenvalue weighted by molar-refractivity contribution is -0.120. The summed E-state index contributed by atoms with van der Waals surface area (Å²) in [6.45, 7) is 6.54. The second kappa shape index (κ2) is 8.75. The summed E-state index contributed by atoms with van der Waals surface area (Å²) in [6, 6.07) is 5.32. The molecule has 2 rings (SSSR count). The largest absolute Gasteiger partial charge is 0.497 e. The number of rotatable bonds is 8. The van der Waals surface area contributed by atoms with Gasteiger partial charge in [0.05, 0.1) is 25.0 Å². The van der Waals surface area contributed by atoms with Gasteiger partial charge >= 0.3 is 0 Å². The number of hydrogen-bond donors (Lipinski definition) is 1. The number of carbonyl (C=O) groups excluding carboxylic acids is 1. The first-order valence-electron chi connectivity index (χ1n) is 7.94. The molecule has 7 nitrogen and oxygen atoms in total. The lowest BCUT2D eigenvalue weighted by Crippen LogP contribution is -2.33. The Kier molecular flexibility index (Phi) is 6.69. The van der Waals surface area contributed by atoms with Crippen LogP contribution in [0.5, 0.6) is 11.5 Å². The zero-order valence-corrected chi connectivity index (χ0v) is 15.8. The van der Waals surface area contributed by atoms with Crippen molar-refractivity contribution in [3.63, 3.8) is 0 Å². The molecule has 1 N–H and O–H groups in total. The summed E-state index contributed by atoms with van der Waals surface area (Å²) in [5.41, 5.74) is 0.666. The summed E-state index contributed by atoms with van der Waals surface area (Å²) in [4.78, 5) is 12.0. The van der Waals surface area contributed by atoms with Crippen molar-refractivity contribution in [1.29, 1.82) is 0 Å². The molecule has 0 radical (unpaired) electrons. The Labute approximate surface area is 151 Å². The first kappa shape index (κ1) is 19.1. The van der Waals surface area contributed by atoms with E-state index in [1.165, 1.54) is 11.8 Å². The van der Waals surface area contributed by atoms with Crippen LogP contribution < -0.4 is 14.8 Å². The number of benzene rings is 1. The SMILES string of the molecule is COc1ccc(-c2nnc(S[C@@H](C)C(=O)NCC(C)C)o2)c(OC)c1. The van der Waals surface area contributed by atoms with Gasteiger partial charge in [-0.25, -0.2) is 0 Å². The predicted octanol–water partition coefficient (Wildman–Crippen LogP) is 3.01. The Morgan fingerprint density at radius 3 is 2.64 bits per heavy atom. The number of methoxy groups -OCH3 is 2. The molecule has 1 aromatic heterocycles. The Balaban J connectivity index is 2.08. The molecule has 0 aliphatic carbocycles. The molecule has 0 fully saturated rings. The second-order valence-corrected chi connectivity index (χ2v) is 7.13. The van der Waals surface area contributed by atoms with Gasteiger partial charge in [0.2, 0.25) is 5.91 Å². The van der Waals surface area contributed by atoms with Crippen LogP contribution in [0.15, 0.2) is 27.8 Å². The van der Waals surface area contributed by atoms with Crippen LogP contribution in [0.25, 0.3) is 11.5 Å². The predicted molar refractivity (Wildman–Crippen MR) is 96.0 cm³/mol. The minimum atomic E-state index is -0.329. The number of ether oxygens (including phenoxy) is 2. The topological polar surface area (TPSA) is 86.5 Å². The molecular formula is C17H23N3O4S. The van der Waals surface area contributed by atoms with Crippen molar-refractivity contribution in [2.45, 2.75) is 31.2 Å². The fourth-order valence-corrected chi connectivity index (χ4v) is 2.70. The molecule has 8 heteroatoms. The summed E-state index contributed by atoms with van der Waals surface area (Å²) in [7, 11) is 3.15. The van der Waals surface area contributed by atoms with E-state index >= 15 is 0 Å². The van der Waals surface area contributed by atoms with Gasteiger partial charge in [0, 0.05) is 12.6 Å². The van der Waals surface area contributed by atoms with E-state index in [4.69, 9.17) is 13.9 Å². The Morgan fingerprint density at radius 1 is 1.24 bits per heavy atom. The highest BCUT2D eigenvalue weighted by molar-refractivity contribution is 8.00. The number of hydrogen-bond acceptors (Lipinski definition) is 7. The van der Waals surface area contributed by atoms with E-state index in [0.29, 0.717) is 40.6 Å². The van der Waals surface area contributed by atoms with E-state index in [1.54, 1.807) is 39.3 Å². The van der Waals surface area contributed by atoms with Gasteiger partial charge in [0.25, 0.3) is 11.1 Å². The van der Waals surface area contributed by atoms with Gasteiger partial charge < -0.3 is 19.2 Å². The van der Waals surface area contributed by atoms with Gasteiger partial charge in [-0.1, -0.05) is 25.6 Å². The van der Waals surface area contributed by atoms with Gasteiger partial charge in [0.1, 0.15) is 11.5 Å². The third-order valence-corrected chi connectivity index (χ3v) is 4.31. The van der Waals surface area contributed by atoms with Gasteiger partial charge in [-0.3, -0.25) is 4.79 Å². The van der Waals surface area contributed by atoms with Crippen LogP contribution in [-0.4, -0.2) is 42.1 Å². The van der Waals surface area contributed by atoms with Crippen molar-refractivity contribution < 1.29 is 18.7 Å². The van der Waals surface area contributed by atoms with Crippen LogP contribution in [0.2, 0.25) is 0 Å². The maximum absolute atomic E-state index is 12.0. The highest BCUT2D eigenvalue weighted by atomic mass is 32.2. The van der Waals surface area contributed by atoms with E-state index < -0.39 is 0 Å². The molecule has 25 heavy (non-hydrogen) atoms. The molecule has 1 heterocycles. The second-order valence-electron chi connectivity index (χ2n) is 5.84. The molecule has 0 bridgehead atoms. The lowest BCUT2D eigenvalue weighted by Gasteiger charge is -2.11. The quantitative estimate of drug-likeness (QED) is 0.720. The molecule has 2 aromatic rings. The van der Waals surface area contributed by atoms with E-state index in [9.17, 15) is 4.79 Å². The number of aromatic nitrogens is 2. The molecule has 0 unspecified atom stereocenters. The minimum absolute atomic E-state index is 0.0551. The monoisotopic (exact) mass is 365 g/mol. The molecule has 0 aliphatic rings. The van der Waals surface area contributed by atoms with Crippen LogP contribution in [0.4, 0.5) is 0 Å². The number of thioether (sulfide) groups is 1. The van der Waals surface area contributed by atoms with Crippen molar-refractivity contribution >= 4 is 17.7 Å². The molecule has 0 spiro atoms. The molecule has 0 aliphatic heterocycles. The Bertz CT molecular complexity index is 718. The number of amides is 1. The smallest absolute Gasteiger partial charge is 0.277 e. The highest BCUT2D eigenvalue weighted by Gasteiger charge is 2.20. The standard InChI is InChI=1S/C17H23N3O4S/c1-10(2)9-18-15(21)11(3)25-17-20-19-16(24-17)13-7-6-12(22-4)8-14(13)23-5/h6-8,10-11H,9H2,1-5H3,(H,18,21)/t11-/m0/s1. The molecule has 0 saturated carbocycles. The molecule has 1 amide bonds. The fourth-order valence-electron chi connectivity index (χ4n) is 1.99. The van der Waals surface area contributed by atoms with Crippen molar-refractivity contribution in [2.75, 3.05) is 20.8 Å². The normalized spacial score (nSPS) is 12.1. The lowest BCUT2D eigenvalue weighted by atomic mass is 10.2. The highest BCUT2D eigenvalue weighted by Crippen LogP contribution is 2.34. The van der Waals surface area contributed by atoms with Crippen molar-refractivity contribution in [3.8, 4) is 23.0 Å². The molecule has 136 valence electrons. The zero-order valence-electron chi connectivity index (χ0n) is 15.0. The van der Waals surface area contributed by atoms with Crippen molar-refractivity contribution in [1.82, 2.24) is 15.5 Å². The maximum atomic E-state index is 12.0.